The summed E-state index contributed by atoms with van der Waals surface area (Å²) in [4.78, 5) is 2.72. The molecule has 0 aromatic carbocycles. The third kappa shape index (κ3) is 2.14. The molecule has 0 radical (unpaired) electrons. The highest BCUT2D eigenvalue weighted by molar-refractivity contribution is 4.91. The molecule has 3 rings (SSSR count). The first-order valence-electron chi connectivity index (χ1n) is 7.27. The van der Waals surface area contributed by atoms with Gasteiger partial charge in [-0.25, -0.2) is 0 Å². The Morgan fingerprint density at radius 3 is 2.38 bits per heavy atom. The van der Waals surface area contributed by atoms with Crippen LogP contribution in [0.5, 0.6) is 0 Å². The number of fused-ring (bicyclic) bond motifs is 2. The van der Waals surface area contributed by atoms with E-state index >= 15 is 0 Å². The molecule has 3 aliphatic rings. The molecule has 3 fully saturated rings. The normalized spacial score (nSPS) is 40.7. The van der Waals surface area contributed by atoms with Crippen molar-refractivity contribution in [1.29, 1.82) is 0 Å². The molecule has 3 atom stereocenters. The van der Waals surface area contributed by atoms with Gasteiger partial charge < -0.3 is 10.6 Å². The fraction of sp³-hybridized carbons (Fsp3) is 1.00. The average molecular weight is 222 g/mol. The van der Waals surface area contributed by atoms with Crippen molar-refractivity contribution in [2.75, 3.05) is 26.2 Å². The molecule has 2 N–H and O–H groups in total. The molecular formula is C14H26N2. The van der Waals surface area contributed by atoms with E-state index in [4.69, 9.17) is 5.73 Å². The van der Waals surface area contributed by atoms with Gasteiger partial charge in [-0.2, -0.15) is 0 Å². The van der Waals surface area contributed by atoms with Crippen molar-refractivity contribution >= 4 is 0 Å². The molecular weight excluding hydrogens is 196 g/mol. The van der Waals surface area contributed by atoms with Gasteiger partial charge in [0.1, 0.15) is 0 Å². The van der Waals surface area contributed by atoms with Gasteiger partial charge in [0.2, 0.25) is 0 Å². The highest BCUT2D eigenvalue weighted by atomic mass is 15.1. The Morgan fingerprint density at radius 1 is 1.00 bits per heavy atom. The second-order valence-electron chi connectivity index (χ2n) is 6.41. The molecule has 2 nitrogen and oxygen atoms in total. The van der Waals surface area contributed by atoms with Crippen molar-refractivity contribution in [3.05, 3.63) is 0 Å². The van der Waals surface area contributed by atoms with Crippen LogP contribution in [-0.2, 0) is 0 Å². The molecule has 2 heteroatoms. The summed E-state index contributed by atoms with van der Waals surface area (Å²) in [6, 6.07) is 0. The molecule has 2 saturated carbocycles. The smallest absolute Gasteiger partial charge is 0.00124 e. The van der Waals surface area contributed by atoms with E-state index in [9.17, 15) is 0 Å². The van der Waals surface area contributed by atoms with Gasteiger partial charge in [-0.3, -0.25) is 0 Å². The van der Waals surface area contributed by atoms with Gasteiger partial charge in [0.15, 0.2) is 0 Å². The zero-order chi connectivity index (χ0) is 11.0. The van der Waals surface area contributed by atoms with E-state index in [1.165, 1.54) is 45.3 Å². The van der Waals surface area contributed by atoms with Gasteiger partial charge in [0, 0.05) is 6.54 Å². The van der Waals surface area contributed by atoms with Crippen molar-refractivity contribution < 1.29 is 0 Å². The third-order valence-electron chi connectivity index (χ3n) is 5.42. The number of nitrogens with two attached hydrogens (primary N) is 1. The predicted molar refractivity (Wildman–Crippen MR) is 67.2 cm³/mol. The maximum Gasteiger partial charge on any atom is 0.00124 e. The number of hydrogen-bond donors (Lipinski definition) is 1. The van der Waals surface area contributed by atoms with Crippen LogP contribution in [0.1, 0.15) is 38.5 Å². The lowest BCUT2D eigenvalue weighted by molar-refractivity contribution is 0.141. The molecule has 1 saturated heterocycles. The van der Waals surface area contributed by atoms with Gasteiger partial charge >= 0.3 is 0 Å². The third-order valence-corrected chi connectivity index (χ3v) is 5.42. The minimum atomic E-state index is 0.816. The number of nitrogens with zero attached hydrogens (tertiary/aromatic N) is 1. The average Bonchev–Trinajstić information content (AvgIpc) is 2.92. The van der Waals surface area contributed by atoms with Crippen LogP contribution >= 0.6 is 0 Å². The largest absolute Gasteiger partial charge is 0.330 e. The second-order valence-corrected chi connectivity index (χ2v) is 6.41. The van der Waals surface area contributed by atoms with E-state index in [-0.39, 0.29) is 0 Å². The Balaban J connectivity index is 1.46. The first kappa shape index (κ1) is 11.0. The van der Waals surface area contributed by atoms with Crippen molar-refractivity contribution in [3.8, 4) is 0 Å². The second kappa shape index (κ2) is 4.66. The molecule has 1 heterocycles. The Labute approximate surface area is 99.6 Å². The minimum Gasteiger partial charge on any atom is -0.330 e. The van der Waals surface area contributed by atoms with Crippen molar-refractivity contribution in [1.82, 2.24) is 4.90 Å². The topological polar surface area (TPSA) is 29.3 Å². The van der Waals surface area contributed by atoms with E-state index in [1.54, 1.807) is 12.8 Å². The van der Waals surface area contributed by atoms with Crippen LogP contribution in [0.2, 0.25) is 0 Å². The fourth-order valence-electron chi connectivity index (χ4n) is 4.34. The van der Waals surface area contributed by atoms with E-state index in [1.807, 2.05) is 0 Å². The monoisotopic (exact) mass is 222 g/mol. The van der Waals surface area contributed by atoms with E-state index in [2.05, 4.69) is 4.90 Å². The van der Waals surface area contributed by atoms with Crippen LogP contribution in [0.3, 0.4) is 0 Å². The maximum atomic E-state index is 5.74. The van der Waals surface area contributed by atoms with Crippen molar-refractivity contribution in [2.45, 2.75) is 38.5 Å². The Kier molecular flexibility index (Phi) is 3.21. The van der Waals surface area contributed by atoms with Crippen molar-refractivity contribution in [3.63, 3.8) is 0 Å². The van der Waals surface area contributed by atoms with Crippen molar-refractivity contribution in [2.24, 2.45) is 29.4 Å². The molecule has 0 amide bonds. The van der Waals surface area contributed by atoms with E-state index in [0.717, 1.165) is 30.2 Å². The van der Waals surface area contributed by atoms with Crippen LogP contribution in [-0.4, -0.2) is 31.1 Å². The molecule has 92 valence electrons. The van der Waals surface area contributed by atoms with Crippen LogP contribution in [0.4, 0.5) is 0 Å². The number of likely N-dealkylation sites (tertiary alicyclic amines) is 1. The first-order valence-corrected chi connectivity index (χ1v) is 7.27. The molecule has 0 aromatic heterocycles. The standard InChI is InChI=1S/C14H26N2/c15-9-11-3-5-16(6-4-11)10-14-8-12-1-2-13(14)7-12/h11-14H,1-10,15H2. The Morgan fingerprint density at radius 2 is 1.81 bits per heavy atom. The van der Waals surface area contributed by atoms with Crippen LogP contribution in [0, 0.1) is 23.7 Å². The van der Waals surface area contributed by atoms with Crippen LogP contribution < -0.4 is 5.73 Å². The molecule has 16 heavy (non-hydrogen) atoms. The van der Waals surface area contributed by atoms with Gasteiger partial charge in [-0.1, -0.05) is 6.42 Å². The fourth-order valence-corrected chi connectivity index (χ4v) is 4.34. The molecule has 2 bridgehead atoms. The summed E-state index contributed by atoms with van der Waals surface area (Å²) in [5, 5.41) is 0. The molecule has 3 unspecified atom stereocenters. The lowest BCUT2D eigenvalue weighted by Crippen LogP contribution is -2.39. The maximum absolute atomic E-state index is 5.74. The number of piperidine rings is 1. The Hall–Kier alpha value is -0.0800. The summed E-state index contributed by atoms with van der Waals surface area (Å²) < 4.78 is 0. The quantitative estimate of drug-likeness (QED) is 0.792. The number of rotatable bonds is 3. The molecule has 0 spiro atoms. The van der Waals surface area contributed by atoms with Gasteiger partial charge in [0.25, 0.3) is 0 Å². The minimum absolute atomic E-state index is 0.816. The van der Waals surface area contributed by atoms with E-state index in [0.29, 0.717) is 0 Å². The zero-order valence-corrected chi connectivity index (χ0v) is 10.4. The lowest BCUT2D eigenvalue weighted by atomic mass is 9.87. The predicted octanol–water partition coefficient (Wildman–Crippen LogP) is 2.09. The van der Waals surface area contributed by atoms with Gasteiger partial charge in [-0.15, -0.1) is 0 Å². The lowest BCUT2D eigenvalue weighted by Gasteiger charge is -2.35. The van der Waals surface area contributed by atoms with E-state index < -0.39 is 0 Å². The number of hydrogen-bond acceptors (Lipinski definition) is 2. The summed E-state index contributed by atoms with van der Waals surface area (Å²) in [5.41, 5.74) is 5.74. The summed E-state index contributed by atoms with van der Waals surface area (Å²) in [7, 11) is 0. The summed E-state index contributed by atoms with van der Waals surface area (Å²) >= 11 is 0. The van der Waals surface area contributed by atoms with Crippen LogP contribution in [0.25, 0.3) is 0 Å². The van der Waals surface area contributed by atoms with Gasteiger partial charge in [0.05, 0.1) is 0 Å². The van der Waals surface area contributed by atoms with Gasteiger partial charge in [-0.05, 0) is 75.4 Å². The summed E-state index contributed by atoms with van der Waals surface area (Å²) in [6.45, 7) is 4.94. The molecule has 1 aliphatic heterocycles. The summed E-state index contributed by atoms with van der Waals surface area (Å²) in [5.74, 6) is 4.07. The summed E-state index contributed by atoms with van der Waals surface area (Å²) in [6.07, 6.45) is 8.87. The molecule has 2 aliphatic carbocycles. The highest BCUT2D eigenvalue weighted by Gasteiger charge is 2.40. The zero-order valence-electron chi connectivity index (χ0n) is 10.4. The van der Waals surface area contributed by atoms with Crippen LogP contribution in [0.15, 0.2) is 0 Å². The molecule has 0 aromatic rings. The Bertz CT molecular complexity index is 233. The highest BCUT2D eigenvalue weighted by Crippen LogP contribution is 2.48. The SMILES string of the molecule is NCC1CCN(CC2CC3CCC2C3)CC1. The first-order chi connectivity index (χ1) is 7.85.